The van der Waals surface area contributed by atoms with Gasteiger partial charge >= 0.3 is 7.12 Å². The predicted molar refractivity (Wildman–Crippen MR) is 97.9 cm³/mol. The number of ether oxygens (including phenoxy) is 1. The van der Waals surface area contributed by atoms with E-state index in [1.54, 1.807) is 31.4 Å². The van der Waals surface area contributed by atoms with Crippen molar-refractivity contribution in [1.82, 2.24) is 5.32 Å². The maximum Gasteiger partial charge on any atom is 0.488 e. The van der Waals surface area contributed by atoms with E-state index in [0.29, 0.717) is 23.3 Å². The lowest BCUT2D eigenvalue weighted by molar-refractivity contribution is 0.0948. The topological polar surface area (TPSA) is 78.8 Å². The Morgan fingerprint density at radius 1 is 1.04 bits per heavy atom. The molecule has 0 aliphatic rings. The fourth-order valence-electron chi connectivity index (χ4n) is 2.65. The number of nitrogens with one attached hydrogen (secondary N) is 1. The van der Waals surface area contributed by atoms with Gasteiger partial charge in [0.25, 0.3) is 5.91 Å². The third-order valence-electron chi connectivity index (χ3n) is 4.04. The van der Waals surface area contributed by atoms with Crippen LogP contribution in [0.2, 0.25) is 0 Å². The SMILES string of the molecule is COc1cc2ccccc2cc1C(=O)NCc1ccc(B(O)O)cc1. The summed E-state index contributed by atoms with van der Waals surface area (Å²) in [7, 11) is 0.0466. The van der Waals surface area contributed by atoms with Crippen molar-refractivity contribution in [2.24, 2.45) is 0 Å². The van der Waals surface area contributed by atoms with Gasteiger partial charge in [0.05, 0.1) is 12.7 Å². The number of rotatable bonds is 5. The van der Waals surface area contributed by atoms with Crippen LogP contribution in [0.3, 0.4) is 0 Å². The number of amides is 1. The molecule has 0 radical (unpaired) electrons. The van der Waals surface area contributed by atoms with Crippen LogP contribution in [0.5, 0.6) is 5.75 Å². The Morgan fingerprint density at radius 2 is 1.68 bits per heavy atom. The molecule has 0 heterocycles. The van der Waals surface area contributed by atoms with Gasteiger partial charge in [0.2, 0.25) is 0 Å². The lowest BCUT2D eigenvalue weighted by Gasteiger charge is -2.11. The van der Waals surface area contributed by atoms with Crippen LogP contribution in [0.4, 0.5) is 0 Å². The minimum absolute atomic E-state index is 0.228. The molecule has 0 spiro atoms. The van der Waals surface area contributed by atoms with Crippen LogP contribution in [-0.4, -0.2) is 30.2 Å². The average Bonchev–Trinajstić information content (AvgIpc) is 2.65. The molecule has 25 heavy (non-hydrogen) atoms. The molecule has 3 rings (SSSR count). The molecule has 0 aliphatic heterocycles. The zero-order chi connectivity index (χ0) is 17.8. The van der Waals surface area contributed by atoms with Gasteiger partial charge < -0.3 is 20.1 Å². The maximum absolute atomic E-state index is 12.5. The van der Waals surface area contributed by atoms with Gasteiger partial charge in [-0.2, -0.15) is 0 Å². The number of carbonyl (C=O) groups excluding carboxylic acids is 1. The molecule has 0 fully saturated rings. The molecule has 0 aliphatic carbocycles. The standard InChI is InChI=1S/C19H18BNO4/c1-25-18-11-15-5-3-2-4-14(15)10-17(18)19(22)21-12-13-6-8-16(9-7-13)20(23)24/h2-11,23-24H,12H2,1H3,(H,21,22). The highest BCUT2D eigenvalue weighted by molar-refractivity contribution is 6.58. The Kier molecular flexibility index (Phi) is 5.02. The van der Waals surface area contributed by atoms with Crippen molar-refractivity contribution in [2.75, 3.05) is 7.11 Å². The normalized spacial score (nSPS) is 10.5. The number of hydrogen-bond acceptors (Lipinski definition) is 4. The van der Waals surface area contributed by atoms with Crippen molar-refractivity contribution in [3.63, 3.8) is 0 Å². The fraction of sp³-hybridized carbons (Fsp3) is 0.105. The highest BCUT2D eigenvalue weighted by Crippen LogP contribution is 2.25. The van der Waals surface area contributed by atoms with Crippen molar-refractivity contribution in [2.45, 2.75) is 6.54 Å². The Hall–Kier alpha value is -2.83. The quantitative estimate of drug-likeness (QED) is 0.617. The predicted octanol–water partition coefficient (Wildman–Crippen LogP) is 1.46. The van der Waals surface area contributed by atoms with Gasteiger partial charge in [0, 0.05) is 6.54 Å². The van der Waals surface area contributed by atoms with E-state index < -0.39 is 7.12 Å². The molecule has 3 N–H and O–H groups in total. The minimum atomic E-state index is -1.49. The highest BCUT2D eigenvalue weighted by Gasteiger charge is 2.14. The zero-order valence-corrected chi connectivity index (χ0v) is 13.8. The molecule has 6 heteroatoms. The second-order valence-corrected chi connectivity index (χ2v) is 5.70. The summed E-state index contributed by atoms with van der Waals surface area (Å²) in [6.07, 6.45) is 0. The molecule has 3 aromatic carbocycles. The van der Waals surface area contributed by atoms with E-state index in [4.69, 9.17) is 14.8 Å². The van der Waals surface area contributed by atoms with Crippen LogP contribution in [0, 0.1) is 0 Å². The Labute approximate surface area is 146 Å². The first-order valence-corrected chi connectivity index (χ1v) is 7.88. The van der Waals surface area contributed by atoms with Gasteiger partial charge in [-0.15, -0.1) is 0 Å². The molecular formula is C19H18BNO4. The molecule has 0 bridgehead atoms. The van der Waals surface area contributed by atoms with Gasteiger partial charge in [0.1, 0.15) is 5.75 Å². The summed E-state index contributed by atoms with van der Waals surface area (Å²) >= 11 is 0. The molecule has 1 amide bonds. The summed E-state index contributed by atoms with van der Waals surface area (Å²) in [5, 5.41) is 23.0. The molecule has 0 aromatic heterocycles. The van der Waals surface area contributed by atoms with E-state index in [0.717, 1.165) is 16.3 Å². The number of carbonyl (C=O) groups is 1. The molecule has 0 atom stereocenters. The number of hydrogen-bond donors (Lipinski definition) is 3. The average molecular weight is 335 g/mol. The van der Waals surface area contributed by atoms with Gasteiger partial charge in [-0.3, -0.25) is 4.79 Å². The van der Waals surface area contributed by atoms with Crippen LogP contribution in [0.15, 0.2) is 60.7 Å². The van der Waals surface area contributed by atoms with Crippen molar-refractivity contribution in [1.29, 1.82) is 0 Å². The number of methoxy groups -OCH3 is 1. The van der Waals surface area contributed by atoms with Crippen molar-refractivity contribution in [3.8, 4) is 5.75 Å². The largest absolute Gasteiger partial charge is 0.496 e. The summed E-state index contributed by atoms with van der Waals surface area (Å²) in [5.41, 5.74) is 1.74. The second kappa shape index (κ2) is 7.38. The Morgan fingerprint density at radius 3 is 2.28 bits per heavy atom. The van der Waals surface area contributed by atoms with Gasteiger partial charge in [-0.25, -0.2) is 0 Å². The van der Waals surface area contributed by atoms with Crippen LogP contribution in [-0.2, 0) is 6.54 Å². The van der Waals surface area contributed by atoms with E-state index >= 15 is 0 Å². The van der Waals surface area contributed by atoms with E-state index in [2.05, 4.69) is 5.32 Å². The molecule has 0 saturated carbocycles. The van der Waals surface area contributed by atoms with Gasteiger partial charge in [0.15, 0.2) is 0 Å². The van der Waals surface area contributed by atoms with Crippen LogP contribution < -0.4 is 15.5 Å². The minimum Gasteiger partial charge on any atom is -0.496 e. The van der Waals surface area contributed by atoms with Crippen molar-refractivity contribution < 1.29 is 19.6 Å². The zero-order valence-electron chi connectivity index (χ0n) is 13.8. The van der Waals surface area contributed by atoms with Crippen molar-refractivity contribution >= 4 is 29.3 Å². The lowest BCUT2D eigenvalue weighted by Crippen LogP contribution is -2.30. The van der Waals surface area contributed by atoms with Gasteiger partial charge in [-0.1, -0.05) is 48.5 Å². The van der Waals surface area contributed by atoms with Crippen LogP contribution in [0.1, 0.15) is 15.9 Å². The third-order valence-corrected chi connectivity index (χ3v) is 4.04. The highest BCUT2D eigenvalue weighted by atomic mass is 16.5. The second-order valence-electron chi connectivity index (χ2n) is 5.70. The Bertz CT molecular complexity index is 894. The van der Waals surface area contributed by atoms with Gasteiger partial charge in [-0.05, 0) is 33.9 Å². The first-order chi connectivity index (χ1) is 12.1. The summed E-state index contributed by atoms with van der Waals surface area (Å²) in [6, 6.07) is 18.2. The van der Waals surface area contributed by atoms with E-state index in [9.17, 15) is 4.79 Å². The number of fused-ring (bicyclic) bond motifs is 1. The van der Waals surface area contributed by atoms with E-state index in [-0.39, 0.29) is 5.91 Å². The fourth-order valence-corrected chi connectivity index (χ4v) is 2.65. The lowest BCUT2D eigenvalue weighted by atomic mass is 9.80. The maximum atomic E-state index is 12.5. The third kappa shape index (κ3) is 3.82. The first-order valence-electron chi connectivity index (χ1n) is 7.88. The number of benzene rings is 3. The monoisotopic (exact) mass is 335 g/mol. The Balaban J connectivity index is 1.77. The molecule has 3 aromatic rings. The smallest absolute Gasteiger partial charge is 0.488 e. The summed E-state index contributed by atoms with van der Waals surface area (Å²) in [6.45, 7) is 0.330. The molecule has 0 unspecified atom stereocenters. The van der Waals surface area contributed by atoms with Crippen LogP contribution in [0.25, 0.3) is 10.8 Å². The molecule has 0 saturated heterocycles. The summed E-state index contributed by atoms with van der Waals surface area (Å²) in [5.74, 6) is 0.295. The molecule has 5 nitrogen and oxygen atoms in total. The van der Waals surface area contributed by atoms with Crippen molar-refractivity contribution in [3.05, 3.63) is 71.8 Å². The summed E-state index contributed by atoms with van der Waals surface area (Å²) < 4.78 is 5.35. The molecule has 126 valence electrons. The van der Waals surface area contributed by atoms with Crippen LogP contribution >= 0.6 is 0 Å². The molecular weight excluding hydrogens is 317 g/mol. The summed E-state index contributed by atoms with van der Waals surface area (Å²) in [4.78, 5) is 12.5. The van der Waals surface area contributed by atoms with E-state index in [1.807, 2.05) is 36.4 Å². The van der Waals surface area contributed by atoms with E-state index in [1.165, 1.54) is 0 Å². The first kappa shape index (κ1) is 17.0.